The highest BCUT2D eigenvalue weighted by molar-refractivity contribution is 5.91. The van der Waals surface area contributed by atoms with Gasteiger partial charge in [-0.05, 0) is 37.3 Å². The topological polar surface area (TPSA) is 75.5 Å². The predicted octanol–water partition coefficient (Wildman–Crippen LogP) is 2.56. The highest BCUT2D eigenvalue weighted by Crippen LogP contribution is 2.70. The Labute approximate surface area is 183 Å². The summed E-state index contributed by atoms with van der Waals surface area (Å²) in [5, 5.41) is 0. The van der Waals surface area contributed by atoms with Gasteiger partial charge in [-0.25, -0.2) is 0 Å². The van der Waals surface area contributed by atoms with Crippen molar-refractivity contribution in [3.05, 3.63) is 24.2 Å². The second kappa shape index (κ2) is 6.82. The molecule has 7 nitrogen and oxygen atoms in total. The van der Waals surface area contributed by atoms with Crippen LogP contribution in [0, 0.1) is 23.2 Å². The summed E-state index contributed by atoms with van der Waals surface area (Å²) in [6.07, 6.45) is 6.25. The molecular formula is C24H32N2O5. The van der Waals surface area contributed by atoms with E-state index in [0.717, 1.165) is 19.5 Å². The fraction of sp³-hybridized carbons (Fsp3) is 0.750. The monoisotopic (exact) mass is 428 g/mol. The van der Waals surface area contributed by atoms with Gasteiger partial charge >= 0.3 is 5.97 Å². The van der Waals surface area contributed by atoms with Gasteiger partial charge in [-0.3, -0.25) is 14.5 Å². The maximum Gasteiger partial charge on any atom is 0.311 e. The fourth-order valence-electron chi connectivity index (χ4n) is 7.41. The minimum atomic E-state index is -0.125. The van der Waals surface area contributed by atoms with Gasteiger partial charge < -0.3 is 18.8 Å². The van der Waals surface area contributed by atoms with Gasteiger partial charge in [-0.1, -0.05) is 20.3 Å². The summed E-state index contributed by atoms with van der Waals surface area (Å²) in [5.41, 5.74) is 0.0797. The maximum absolute atomic E-state index is 12.9. The molecule has 5 aliphatic rings. The summed E-state index contributed by atoms with van der Waals surface area (Å²) in [4.78, 5) is 29.6. The molecule has 7 heteroatoms. The van der Waals surface area contributed by atoms with E-state index in [1.54, 1.807) is 12.1 Å². The van der Waals surface area contributed by atoms with Gasteiger partial charge in [0.05, 0.1) is 18.3 Å². The van der Waals surface area contributed by atoms with Crippen molar-refractivity contribution in [2.45, 2.75) is 57.3 Å². The largest absolute Gasteiger partial charge is 0.462 e. The van der Waals surface area contributed by atoms with Crippen molar-refractivity contribution in [3.8, 4) is 0 Å². The van der Waals surface area contributed by atoms with E-state index in [4.69, 9.17) is 13.9 Å². The van der Waals surface area contributed by atoms with Crippen molar-refractivity contribution in [1.82, 2.24) is 9.80 Å². The van der Waals surface area contributed by atoms with Crippen LogP contribution in [0.15, 0.2) is 22.8 Å². The fourth-order valence-corrected chi connectivity index (χ4v) is 7.41. The number of esters is 1. The minimum Gasteiger partial charge on any atom is -0.462 e. The molecule has 7 atom stereocenters. The molecule has 31 heavy (non-hydrogen) atoms. The van der Waals surface area contributed by atoms with E-state index in [-0.39, 0.29) is 46.9 Å². The van der Waals surface area contributed by atoms with Crippen molar-refractivity contribution in [2.75, 3.05) is 32.7 Å². The first-order chi connectivity index (χ1) is 14.9. The Morgan fingerprint density at radius 1 is 1.26 bits per heavy atom. The Kier molecular flexibility index (Phi) is 4.35. The number of epoxide rings is 1. The van der Waals surface area contributed by atoms with Gasteiger partial charge in [0.1, 0.15) is 11.7 Å². The molecule has 0 aromatic carbocycles. The zero-order valence-electron chi connectivity index (χ0n) is 18.4. The smallest absolute Gasteiger partial charge is 0.311 e. The Bertz CT molecular complexity index is 879. The molecule has 0 unspecified atom stereocenters. The number of carbonyl (C=O) groups excluding carboxylic acids is 2. The molecule has 2 aliphatic carbocycles. The van der Waals surface area contributed by atoms with Crippen molar-refractivity contribution >= 4 is 11.9 Å². The third kappa shape index (κ3) is 2.78. The van der Waals surface area contributed by atoms with Crippen LogP contribution in [-0.2, 0) is 14.3 Å². The molecule has 4 heterocycles. The van der Waals surface area contributed by atoms with Crippen LogP contribution in [0.3, 0.4) is 0 Å². The van der Waals surface area contributed by atoms with Crippen LogP contribution in [0.4, 0.5) is 0 Å². The van der Waals surface area contributed by atoms with Crippen molar-refractivity contribution < 1.29 is 23.5 Å². The number of furan rings is 1. The number of amides is 1. The van der Waals surface area contributed by atoms with E-state index in [0.29, 0.717) is 31.3 Å². The normalized spacial score (nSPS) is 44.3. The van der Waals surface area contributed by atoms with Crippen molar-refractivity contribution in [2.24, 2.45) is 23.2 Å². The highest BCUT2D eigenvalue weighted by Gasteiger charge is 2.78. The third-order valence-electron chi connectivity index (χ3n) is 9.04. The van der Waals surface area contributed by atoms with Gasteiger partial charge in [0, 0.05) is 44.1 Å². The first-order valence-electron chi connectivity index (χ1n) is 11.9. The van der Waals surface area contributed by atoms with E-state index in [9.17, 15) is 9.59 Å². The zero-order valence-corrected chi connectivity index (χ0v) is 18.4. The summed E-state index contributed by atoms with van der Waals surface area (Å²) in [6, 6.07) is 3.44. The standard InChI is InChI=1S/C24H32N2O5/c1-15-5-3-7-23(2)13-18-19(20-24(15,23)31-20)16(22(28)30-18)14-25-8-10-26(11-9-25)21(27)17-6-4-12-29-17/h4,6,12,15-16,18-20H,3,5,7-11,13-14H2,1-2H3/t15-,16-,18+,19+,20-,23+,24-/m0/s1. The lowest BCUT2D eigenvalue weighted by Crippen LogP contribution is -2.55. The molecule has 1 aromatic heterocycles. The zero-order chi connectivity index (χ0) is 21.4. The van der Waals surface area contributed by atoms with Crippen molar-refractivity contribution in [3.63, 3.8) is 0 Å². The number of carbonyl (C=O) groups is 2. The summed E-state index contributed by atoms with van der Waals surface area (Å²) in [7, 11) is 0. The molecule has 2 saturated carbocycles. The molecular weight excluding hydrogens is 396 g/mol. The highest BCUT2D eigenvalue weighted by atomic mass is 16.6. The number of ether oxygens (including phenoxy) is 2. The lowest BCUT2D eigenvalue weighted by atomic mass is 9.53. The van der Waals surface area contributed by atoms with Crippen LogP contribution in [-0.4, -0.2) is 72.2 Å². The number of fused-ring (bicyclic) bond motifs is 2. The first-order valence-corrected chi connectivity index (χ1v) is 11.9. The van der Waals surface area contributed by atoms with Gasteiger partial charge in [0.2, 0.25) is 0 Å². The molecule has 5 fully saturated rings. The molecule has 1 spiro atoms. The number of hydrogen-bond donors (Lipinski definition) is 0. The molecule has 3 saturated heterocycles. The second-order valence-electron chi connectivity index (χ2n) is 10.6. The predicted molar refractivity (Wildman–Crippen MR) is 111 cm³/mol. The summed E-state index contributed by atoms with van der Waals surface area (Å²) in [5.74, 6) is 0.869. The number of nitrogens with zero attached hydrogens (tertiary/aromatic N) is 2. The molecule has 6 rings (SSSR count). The van der Waals surface area contributed by atoms with E-state index >= 15 is 0 Å². The van der Waals surface area contributed by atoms with Crippen LogP contribution in [0.1, 0.15) is 50.1 Å². The molecule has 0 radical (unpaired) electrons. The number of rotatable bonds is 3. The van der Waals surface area contributed by atoms with Crippen LogP contribution in [0.5, 0.6) is 0 Å². The van der Waals surface area contributed by atoms with Gasteiger partial charge in [-0.15, -0.1) is 0 Å². The number of piperazine rings is 1. The summed E-state index contributed by atoms with van der Waals surface area (Å²) >= 11 is 0. The average Bonchev–Trinajstić information content (AvgIpc) is 3.13. The van der Waals surface area contributed by atoms with Gasteiger partial charge in [-0.2, -0.15) is 0 Å². The maximum atomic E-state index is 12.9. The van der Waals surface area contributed by atoms with Gasteiger partial charge in [0.25, 0.3) is 5.91 Å². The third-order valence-corrected chi connectivity index (χ3v) is 9.04. The van der Waals surface area contributed by atoms with Gasteiger partial charge in [0.15, 0.2) is 5.76 Å². The first kappa shape index (κ1) is 19.8. The molecule has 1 aromatic rings. The Balaban J connectivity index is 1.13. The lowest BCUT2D eigenvalue weighted by molar-refractivity contribution is -0.146. The van der Waals surface area contributed by atoms with E-state index < -0.39 is 0 Å². The molecule has 168 valence electrons. The Morgan fingerprint density at radius 3 is 2.81 bits per heavy atom. The summed E-state index contributed by atoms with van der Waals surface area (Å²) < 4.78 is 17.7. The SMILES string of the molecule is C[C@H]1CCC[C@]2(C)C[C@H]3OC(=O)[C@@H](CN4CCN(C(=O)c5ccco5)CC4)[C@H]3[C@@H]3O[C@@]132. The second-order valence-corrected chi connectivity index (χ2v) is 10.6. The quantitative estimate of drug-likeness (QED) is 0.544. The Hall–Kier alpha value is -1.86. The molecule has 3 aliphatic heterocycles. The van der Waals surface area contributed by atoms with E-state index in [1.807, 2.05) is 4.90 Å². The minimum absolute atomic E-state index is 0.00440. The summed E-state index contributed by atoms with van der Waals surface area (Å²) in [6.45, 7) is 8.21. The lowest BCUT2D eigenvalue weighted by Gasteiger charge is -2.49. The molecule has 0 bridgehead atoms. The molecule has 1 amide bonds. The van der Waals surface area contributed by atoms with Crippen LogP contribution in [0.25, 0.3) is 0 Å². The van der Waals surface area contributed by atoms with Crippen LogP contribution in [0.2, 0.25) is 0 Å². The number of hydrogen-bond acceptors (Lipinski definition) is 6. The van der Waals surface area contributed by atoms with Crippen molar-refractivity contribution in [1.29, 1.82) is 0 Å². The van der Waals surface area contributed by atoms with Crippen LogP contribution >= 0.6 is 0 Å². The molecule has 0 N–H and O–H groups in total. The van der Waals surface area contributed by atoms with Crippen LogP contribution < -0.4 is 0 Å². The van der Waals surface area contributed by atoms with E-state index in [2.05, 4.69) is 18.7 Å². The Morgan fingerprint density at radius 2 is 2.06 bits per heavy atom. The average molecular weight is 429 g/mol. The van der Waals surface area contributed by atoms with E-state index in [1.165, 1.54) is 25.5 Å².